The van der Waals surface area contributed by atoms with Crippen LogP contribution in [0.25, 0.3) is 0 Å². The van der Waals surface area contributed by atoms with Crippen molar-refractivity contribution in [2.24, 2.45) is 0 Å². The van der Waals surface area contributed by atoms with Gasteiger partial charge in [-0.2, -0.15) is 8.42 Å². The summed E-state index contributed by atoms with van der Waals surface area (Å²) in [5, 5.41) is 0. The van der Waals surface area contributed by atoms with Gasteiger partial charge in [-0.1, -0.05) is 0 Å². The molecule has 0 aliphatic carbocycles. The van der Waals surface area contributed by atoms with E-state index in [4.69, 9.17) is 9.29 Å². The van der Waals surface area contributed by atoms with Crippen molar-refractivity contribution in [1.29, 1.82) is 0 Å². The Kier molecular flexibility index (Phi) is 4.96. The fourth-order valence-corrected chi connectivity index (χ4v) is 3.58. The lowest BCUT2D eigenvalue weighted by Crippen LogP contribution is -2.33. The van der Waals surface area contributed by atoms with Gasteiger partial charge in [-0.15, -0.1) is 0 Å². The van der Waals surface area contributed by atoms with E-state index >= 15 is 0 Å². The molecule has 25 heavy (non-hydrogen) atoms. The van der Waals surface area contributed by atoms with E-state index in [-0.39, 0.29) is 18.7 Å². The normalized spacial score (nSPS) is 21.6. The van der Waals surface area contributed by atoms with E-state index in [1.807, 2.05) is 12.1 Å². The summed E-state index contributed by atoms with van der Waals surface area (Å²) in [7, 11) is -4.07. The fourth-order valence-electron chi connectivity index (χ4n) is 3.02. The van der Waals surface area contributed by atoms with Gasteiger partial charge in [0.2, 0.25) is 0 Å². The lowest BCUT2D eigenvalue weighted by Gasteiger charge is -2.28. The molecule has 2 saturated heterocycles. The van der Waals surface area contributed by atoms with Gasteiger partial charge in [0.05, 0.1) is 12.3 Å². The minimum absolute atomic E-state index is 0.0565. The van der Waals surface area contributed by atoms with E-state index in [1.165, 1.54) is 4.90 Å². The zero-order valence-corrected chi connectivity index (χ0v) is 14.4. The molecular weight excluding hydrogens is 348 g/mol. The van der Waals surface area contributed by atoms with Crippen molar-refractivity contribution in [3.8, 4) is 0 Å². The molecule has 8 nitrogen and oxygen atoms in total. The van der Waals surface area contributed by atoms with Crippen molar-refractivity contribution in [3.63, 3.8) is 0 Å². The Hall–Kier alpha value is -2.13. The predicted molar refractivity (Wildman–Crippen MR) is 91.5 cm³/mol. The highest BCUT2D eigenvalue weighted by atomic mass is 32.2. The number of rotatable bonds is 5. The summed E-state index contributed by atoms with van der Waals surface area (Å²) in [5.74, 6) is -0.158. The minimum atomic E-state index is -4.07. The summed E-state index contributed by atoms with van der Waals surface area (Å²) in [5.41, 5.74) is 1.66. The molecule has 1 atom stereocenters. The number of anilines is 2. The van der Waals surface area contributed by atoms with Crippen LogP contribution in [0.4, 0.5) is 16.2 Å². The number of ether oxygens (including phenoxy) is 1. The standard InChI is InChI=1S/C16H20N2O6S/c19-14-5-8-17(9-6-14)12-1-3-13(4-2-12)18-11-15(24-16(18)20)7-10-25(21,22)23/h1-4,15H,5-11H2,(H,21,22,23). The molecule has 0 aromatic heterocycles. The summed E-state index contributed by atoms with van der Waals surface area (Å²) in [6.45, 7) is 1.63. The van der Waals surface area contributed by atoms with Gasteiger partial charge in [0.25, 0.3) is 10.1 Å². The van der Waals surface area contributed by atoms with Gasteiger partial charge in [0, 0.05) is 43.7 Å². The average molecular weight is 368 g/mol. The van der Waals surface area contributed by atoms with Crippen molar-refractivity contribution in [2.75, 3.05) is 35.2 Å². The van der Waals surface area contributed by atoms with E-state index in [0.717, 1.165) is 5.69 Å². The first kappa shape index (κ1) is 17.7. The topological polar surface area (TPSA) is 104 Å². The third-order valence-corrected chi connectivity index (χ3v) is 5.17. The largest absolute Gasteiger partial charge is 0.444 e. The average Bonchev–Trinajstić information content (AvgIpc) is 2.94. The lowest BCUT2D eigenvalue weighted by atomic mass is 10.1. The molecule has 136 valence electrons. The van der Waals surface area contributed by atoms with Crippen LogP contribution in [0.15, 0.2) is 24.3 Å². The lowest BCUT2D eigenvalue weighted by molar-refractivity contribution is -0.119. The molecule has 9 heteroatoms. The van der Waals surface area contributed by atoms with Crippen LogP contribution < -0.4 is 9.80 Å². The zero-order valence-electron chi connectivity index (χ0n) is 13.6. The number of ketones is 1. The molecule has 0 spiro atoms. The third kappa shape index (κ3) is 4.49. The number of amides is 1. The monoisotopic (exact) mass is 368 g/mol. The highest BCUT2D eigenvalue weighted by molar-refractivity contribution is 7.85. The minimum Gasteiger partial charge on any atom is -0.444 e. The summed E-state index contributed by atoms with van der Waals surface area (Å²) in [6, 6.07) is 7.39. The van der Waals surface area contributed by atoms with Crippen molar-refractivity contribution >= 4 is 33.4 Å². The molecule has 2 heterocycles. The van der Waals surface area contributed by atoms with Crippen LogP contribution >= 0.6 is 0 Å². The molecule has 1 aromatic carbocycles. The van der Waals surface area contributed by atoms with Gasteiger partial charge >= 0.3 is 6.09 Å². The first-order chi connectivity index (χ1) is 11.8. The van der Waals surface area contributed by atoms with Gasteiger partial charge < -0.3 is 9.64 Å². The van der Waals surface area contributed by atoms with E-state index in [0.29, 0.717) is 31.6 Å². The molecular formula is C16H20N2O6S. The number of cyclic esters (lactones) is 1. The highest BCUT2D eigenvalue weighted by Crippen LogP contribution is 2.26. The first-order valence-corrected chi connectivity index (χ1v) is 9.73. The summed E-state index contributed by atoms with van der Waals surface area (Å²) in [4.78, 5) is 26.9. The van der Waals surface area contributed by atoms with E-state index in [2.05, 4.69) is 4.90 Å². The number of hydrogen-bond acceptors (Lipinski definition) is 6. The number of benzene rings is 1. The Labute approximate surface area is 146 Å². The SMILES string of the molecule is O=C1CCN(c2ccc(N3CC(CCS(=O)(=O)O)OC3=O)cc2)CC1. The molecule has 0 saturated carbocycles. The Morgan fingerprint density at radius 1 is 1.08 bits per heavy atom. The van der Waals surface area contributed by atoms with Crippen LogP contribution in [0.3, 0.4) is 0 Å². The molecule has 3 rings (SSSR count). The maximum Gasteiger partial charge on any atom is 0.414 e. The van der Waals surface area contributed by atoms with E-state index in [1.54, 1.807) is 12.1 Å². The highest BCUT2D eigenvalue weighted by Gasteiger charge is 2.33. The van der Waals surface area contributed by atoms with Crippen molar-refractivity contribution in [3.05, 3.63) is 24.3 Å². The Morgan fingerprint density at radius 2 is 1.68 bits per heavy atom. The third-order valence-electron chi connectivity index (χ3n) is 4.42. The Bertz CT molecular complexity index is 751. The van der Waals surface area contributed by atoms with Gasteiger partial charge in [0.15, 0.2) is 0 Å². The molecule has 0 bridgehead atoms. The molecule has 2 aliphatic rings. The van der Waals surface area contributed by atoms with Gasteiger partial charge in [-0.25, -0.2) is 4.79 Å². The van der Waals surface area contributed by atoms with Crippen molar-refractivity contribution in [2.45, 2.75) is 25.4 Å². The molecule has 1 N–H and O–H groups in total. The van der Waals surface area contributed by atoms with Gasteiger partial charge in [-0.05, 0) is 24.3 Å². The number of hydrogen-bond donors (Lipinski definition) is 1. The molecule has 0 radical (unpaired) electrons. The quantitative estimate of drug-likeness (QED) is 0.785. The molecule has 1 aromatic rings. The smallest absolute Gasteiger partial charge is 0.414 e. The van der Waals surface area contributed by atoms with Gasteiger partial charge in [0.1, 0.15) is 11.9 Å². The second-order valence-corrected chi connectivity index (χ2v) is 7.81. The second kappa shape index (κ2) is 7.01. The van der Waals surface area contributed by atoms with Gasteiger partial charge in [-0.3, -0.25) is 14.2 Å². The van der Waals surface area contributed by atoms with Crippen LogP contribution in [0.2, 0.25) is 0 Å². The van der Waals surface area contributed by atoms with Crippen LogP contribution in [0.1, 0.15) is 19.3 Å². The number of carbonyl (C=O) groups excluding carboxylic acids is 2. The Balaban J connectivity index is 1.62. The van der Waals surface area contributed by atoms with Crippen LogP contribution in [0, 0.1) is 0 Å². The maximum absolute atomic E-state index is 12.0. The van der Waals surface area contributed by atoms with E-state index in [9.17, 15) is 18.0 Å². The number of carbonyl (C=O) groups is 2. The summed E-state index contributed by atoms with van der Waals surface area (Å²) in [6.07, 6.45) is 0.0607. The zero-order chi connectivity index (χ0) is 18.0. The van der Waals surface area contributed by atoms with Crippen molar-refractivity contribution in [1.82, 2.24) is 0 Å². The van der Waals surface area contributed by atoms with Crippen LogP contribution in [-0.4, -0.2) is 56.3 Å². The number of piperidine rings is 1. The second-order valence-electron chi connectivity index (χ2n) is 6.23. The number of nitrogens with zero attached hydrogens (tertiary/aromatic N) is 2. The van der Waals surface area contributed by atoms with Crippen molar-refractivity contribution < 1.29 is 27.3 Å². The van der Waals surface area contributed by atoms with Crippen LogP contribution in [0.5, 0.6) is 0 Å². The molecule has 2 aliphatic heterocycles. The predicted octanol–water partition coefficient (Wildman–Crippen LogP) is 1.46. The first-order valence-electron chi connectivity index (χ1n) is 8.12. The molecule has 1 unspecified atom stereocenters. The maximum atomic E-state index is 12.0. The van der Waals surface area contributed by atoms with E-state index < -0.39 is 28.1 Å². The van der Waals surface area contributed by atoms with Crippen LogP contribution in [-0.2, 0) is 19.6 Å². The Morgan fingerprint density at radius 3 is 2.28 bits per heavy atom. The fraction of sp³-hybridized carbons (Fsp3) is 0.500. The molecule has 2 fully saturated rings. The summed E-state index contributed by atoms with van der Waals surface area (Å²) < 4.78 is 35.5. The summed E-state index contributed by atoms with van der Waals surface area (Å²) >= 11 is 0. The number of Topliss-reactive ketones (excluding diaryl/α,β-unsaturated/α-hetero) is 1. The molecule has 1 amide bonds.